The van der Waals surface area contributed by atoms with Gasteiger partial charge in [-0.2, -0.15) is 5.10 Å². The molecule has 3 rings (SSSR count). The molecule has 0 bridgehead atoms. The fourth-order valence-electron chi connectivity index (χ4n) is 2.64. The number of halogens is 2. The predicted molar refractivity (Wildman–Crippen MR) is 123 cm³/mol. The SMILES string of the molecule is CCOC(=O)Cc1csc(NN=Cc2cc([N+](=O)[O-])ccc2OC(=O)c2c(F)cccc2Cl)n1. The number of thiazole rings is 1. The number of nitro benzene ring substituents is 1. The third kappa shape index (κ3) is 6.33. The van der Waals surface area contributed by atoms with Crippen LogP contribution in [0.25, 0.3) is 0 Å². The number of rotatable bonds is 9. The Morgan fingerprint density at radius 1 is 1.35 bits per heavy atom. The number of carbonyl (C=O) groups excluding carboxylic acids is 2. The van der Waals surface area contributed by atoms with Gasteiger partial charge in [0.15, 0.2) is 0 Å². The van der Waals surface area contributed by atoms with Crippen LogP contribution in [0.15, 0.2) is 46.9 Å². The van der Waals surface area contributed by atoms with Crippen LogP contribution in [0.1, 0.15) is 28.5 Å². The van der Waals surface area contributed by atoms with Gasteiger partial charge in [0, 0.05) is 23.1 Å². The maximum absolute atomic E-state index is 14.0. The quantitative estimate of drug-likeness (QED) is 0.146. The summed E-state index contributed by atoms with van der Waals surface area (Å²) in [5.74, 6) is -2.48. The van der Waals surface area contributed by atoms with E-state index in [0.29, 0.717) is 10.8 Å². The highest BCUT2D eigenvalue weighted by atomic mass is 35.5. The molecule has 3 aromatic rings. The van der Waals surface area contributed by atoms with Crippen molar-refractivity contribution in [3.8, 4) is 5.75 Å². The number of anilines is 1. The molecule has 2 aromatic carbocycles. The van der Waals surface area contributed by atoms with Crippen molar-refractivity contribution in [2.75, 3.05) is 12.0 Å². The van der Waals surface area contributed by atoms with Crippen molar-refractivity contribution >= 4 is 51.9 Å². The van der Waals surface area contributed by atoms with E-state index in [4.69, 9.17) is 21.1 Å². The van der Waals surface area contributed by atoms with Gasteiger partial charge in [-0.05, 0) is 25.1 Å². The number of esters is 2. The lowest BCUT2D eigenvalue weighted by Gasteiger charge is -2.09. The van der Waals surface area contributed by atoms with Crippen LogP contribution in [0.5, 0.6) is 5.75 Å². The average Bonchev–Trinajstić information content (AvgIpc) is 3.21. The smallest absolute Gasteiger partial charge is 0.348 e. The molecule has 0 aliphatic heterocycles. The van der Waals surface area contributed by atoms with Gasteiger partial charge in [0.05, 0.1) is 34.9 Å². The molecule has 0 saturated heterocycles. The molecule has 34 heavy (non-hydrogen) atoms. The molecule has 0 spiro atoms. The van der Waals surface area contributed by atoms with Gasteiger partial charge in [0.25, 0.3) is 5.69 Å². The molecule has 0 radical (unpaired) electrons. The molecular weight excluding hydrogens is 491 g/mol. The minimum absolute atomic E-state index is 0.000675. The third-order valence-electron chi connectivity index (χ3n) is 4.12. The van der Waals surface area contributed by atoms with Crippen LogP contribution in [0.2, 0.25) is 5.02 Å². The highest BCUT2D eigenvalue weighted by molar-refractivity contribution is 7.13. The highest BCUT2D eigenvalue weighted by Gasteiger charge is 2.20. The first-order valence-corrected chi connectivity index (χ1v) is 10.9. The molecule has 0 saturated carbocycles. The molecule has 1 heterocycles. The Bertz CT molecular complexity index is 1250. The normalized spacial score (nSPS) is 10.8. The Kier molecular flexibility index (Phi) is 8.22. The zero-order valence-corrected chi connectivity index (χ0v) is 19.1. The summed E-state index contributed by atoms with van der Waals surface area (Å²) < 4.78 is 24.1. The van der Waals surface area contributed by atoms with Crippen LogP contribution in [0.3, 0.4) is 0 Å². The number of nitrogens with one attached hydrogen (secondary N) is 1. The van der Waals surface area contributed by atoms with Gasteiger partial charge >= 0.3 is 11.9 Å². The lowest BCUT2D eigenvalue weighted by Crippen LogP contribution is -2.13. The Morgan fingerprint density at radius 3 is 2.85 bits per heavy atom. The Hall–Kier alpha value is -3.90. The standard InChI is InChI=1S/C21H16ClFN4O6S/c1-2-32-18(28)9-13-11-34-21(25-13)26-24-10-12-8-14(27(30)31)6-7-17(12)33-20(29)19-15(22)4-3-5-16(19)23/h3-8,10-11H,2,9H2,1H3,(H,25,26). The topological polar surface area (TPSA) is 133 Å². The predicted octanol–water partition coefficient (Wildman–Crippen LogP) is 4.61. The van der Waals surface area contributed by atoms with Crippen LogP contribution < -0.4 is 10.2 Å². The van der Waals surface area contributed by atoms with Crippen molar-refractivity contribution in [2.45, 2.75) is 13.3 Å². The second-order valence-electron chi connectivity index (χ2n) is 6.46. The van der Waals surface area contributed by atoms with Crippen LogP contribution in [0.4, 0.5) is 15.2 Å². The molecule has 176 valence electrons. The minimum atomic E-state index is -1.08. The number of benzene rings is 2. The van der Waals surface area contributed by atoms with Crippen LogP contribution in [-0.4, -0.2) is 34.7 Å². The van der Waals surface area contributed by atoms with Crippen molar-refractivity contribution in [3.63, 3.8) is 0 Å². The molecule has 0 atom stereocenters. The van der Waals surface area contributed by atoms with Crippen LogP contribution >= 0.6 is 22.9 Å². The summed E-state index contributed by atoms with van der Waals surface area (Å²) in [5.41, 5.74) is 2.42. The monoisotopic (exact) mass is 506 g/mol. The number of hydrogen-bond donors (Lipinski definition) is 1. The number of nitrogens with zero attached hydrogens (tertiary/aromatic N) is 3. The van der Waals surface area contributed by atoms with E-state index in [2.05, 4.69) is 15.5 Å². The second-order valence-corrected chi connectivity index (χ2v) is 7.73. The Labute approximate surface area is 201 Å². The summed E-state index contributed by atoms with van der Waals surface area (Å²) in [7, 11) is 0. The van der Waals surface area contributed by atoms with Crippen LogP contribution in [0, 0.1) is 15.9 Å². The van der Waals surface area contributed by atoms with Crippen molar-refractivity contribution in [1.82, 2.24) is 4.98 Å². The first kappa shape index (κ1) is 24.7. The van der Waals surface area contributed by atoms with E-state index < -0.39 is 28.2 Å². The fourth-order valence-corrected chi connectivity index (χ4v) is 3.54. The zero-order chi connectivity index (χ0) is 24.7. The van der Waals surface area contributed by atoms with E-state index in [0.717, 1.165) is 18.2 Å². The molecule has 1 aromatic heterocycles. The number of nitro groups is 1. The van der Waals surface area contributed by atoms with Gasteiger partial charge in [-0.1, -0.05) is 17.7 Å². The number of hydrazone groups is 1. The van der Waals surface area contributed by atoms with Crippen LogP contribution in [-0.2, 0) is 16.0 Å². The highest BCUT2D eigenvalue weighted by Crippen LogP contribution is 2.26. The summed E-state index contributed by atoms with van der Waals surface area (Å²) in [5, 5.41) is 17.0. The Morgan fingerprint density at radius 2 is 2.15 bits per heavy atom. The van der Waals surface area contributed by atoms with E-state index in [1.807, 2.05) is 0 Å². The van der Waals surface area contributed by atoms with Gasteiger partial charge in [-0.15, -0.1) is 11.3 Å². The summed E-state index contributed by atoms with van der Waals surface area (Å²) in [6.45, 7) is 1.96. The molecule has 1 N–H and O–H groups in total. The van der Waals surface area contributed by atoms with Crippen molar-refractivity contribution in [2.24, 2.45) is 5.10 Å². The average molecular weight is 507 g/mol. The first-order valence-electron chi connectivity index (χ1n) is 9.62. The van der Waals surface area contributed by atoms with Gasteiger partial charge < -0.3 is 9.47 Å². The molecule has 0 aliphatic rings. The maximum Gasteiger partial charge on any atom is 0.348 e. The van der Waals surface area contributed by atoms with E-state index in [1.54, 1.807) is 12.3 Å². The minimum Gasteiger partial charge on any atom is -0.466 e. The zero-order valence-electron chi connectivity index (χ0n) is 17.5. The van der Waals surface area contributed by atoms with Gasteiger partial charge in [0.2, 0.25) is 5.13 Å². The summed E-state index contributed by atoms with van der Waals surface area (Å²) in [4.78, 5) is 38.7. The van der Waals surface area contributed by atoms with Gasteiger partial charge in [-0.25, -0.2) is 14.2 Å². The first-order chi connectivity index (χ1) is 16.3. The maximum atomic E-state index is 14.0. The Balaban J connectivity index is 1.79. The lowest BCUT2D eigenvalue weighted by molar-refractivity contribution is -0.384. The van der Waals surface area contributed by atoms with E-state index in [1.165, 1.54) is 35.8 Å². The fraction of sp³-hybridized carbons (Fsp3) is 0.143. The van der Waals surface area contributed by atoms with E-state index in [-0.39, 0.29) is 35.1 Å². The largest absolute Gasteiger partial charge is 0.466 e. The molecule has 0 amide bonds. The number of carbonyl (C=O) groups is 2. The number of aromatic nitrogens is 1. The molecule has 10 nitrogen and oxygen atoms in total. The molecular formula is C21H16ClFN4O6S. The van der Waals surface area contributed by atoms with E-state index >= 15 is 0 Å². The number of non-ortho nitro benzene ring substituents is 1. The molecule has 0 unspecified atom stereocenters. The lowest BCUT2D eigenvalue weighted by atomic mass is 10.2. The number of hydrogen-bond acceptors (Lipinski definition) is 10. The molecule has 13 heteroatoms. The number of ether oxygens (including phenoxy) is 2. The molecule has 0 fully saturated rings. The van der Waals surface area contributed by atoms with Crippen molar-refractivity contribution < 1.29 is 28.4 Å². The van der Waals surface area contributed by atoms with Gasteiger partial charge in [0.1, 0.15) is 17.1 Å². The summed E-state index contributed by atoms with van der Waals surface area (Å²) in [6, 6.07) is 7.15. The van der Waals surface area contributed by atoms with E-state index in [9.17, 15) is 24.1 Å². The van der Waals surface area contributed by atoms with Crippen molar-refractivity contribution in [1.29, 1.82) is 0 Å². The summed E-state index contributed by atoms with van der Waals surface area (Å²) in [6.07, 6.45) is 1.17. The van der Waals surface area contributed by atoms with Gasteiger partial charge in [-0.3, -0.25) is 20.3 Å². The third-order valence-corrected chi connectivity index (χ3v) is 5.23. The summed E-state index contributed by atoms with van der Waals surface area (Å²) >= 11 is 7.07. The molecule has 0 aliphatic carbocycles. The second kappa shape index (κ2) is 11.3. The van der Waals surface area contributed by atoms with Crippen molar-refractivity contribution in [3.05, 3.63) is 79.6 Å².